The van der Waals surface area contributed by atoms with Crippen molar-refractivity contribution < 1.29 is 19.4 Å². The van der Waals surface area contributed by atoms with Crippen LogP contribution in [0.1, 0.15) is 11.7 Å². The molecule has 0 aliphatic carbocycles. The molecule has 0 aromatic heterocycles. The molecule has 0 fully saturated rings. The van der Waals surface area contributed by atoms with Crippen LogP contribution in [0.25, 0.3) is 0 Å². The molecule has 1 aromatic rings. The van der Waals surface area contributed by atoms with Crippen molar-refractivity contribution in [1.82, 2.24) is 0 Å². The van der Waals surface area contributed by atoms with Crippen molar-refractivity contribution in [3.63, 3.8) is 0 Å². The highest BCUT2D eigenvalue weighted by Gasteiger charge is 2.33. The first kappa shape index (κ1) is 11.7. The van der Waals surface area contributed by atoms with E-state index in [0.717, 1.165) is 5.56 Å². The van der Waals surface area contributed by atoms with Crippen LogP contribution in [-0.2, 0) is 14.3 Å². The van der Waals surface area contributed by atoms with Gasteiger partial charge in [0.05, 0.1) is 12.9 Å². The summed E-state index contributed by atoms with van der Waals surface area (Å²) < 4.78 is 10.3. The van der Waals surface area contributed by atoms with E-state index in [1.807, 2.05) is 30.3 Å². The molecule has 2 atom stereocenters. The molecule has 1 aliphatic rings. The average molecular weight is 234 g/mol. The molecule has 1 N–H and O–H groups in total. The van der Waals surface area contributed by atoms with Crippen LogP contribution >= 0.6 is 0 Å². The van der Waals surface area contributed by atoms with E-state index in [4.69, 9.17) is 14.6 Å². The molecule has 0 amide bonds. The quantitative estimate of drug-likeness (QED) is 0.800. The second-order valence-corrected chi connectivity index (χ2v) is 3.71. The second kappa shape index (κ2) is 5.50. The monoisotopic (exact) mass is 234 g/mol. The third-order valence-electron chi connectivity index (χ3n) is 2.57. The molecule has 0 radical (unpaired) electrons. The highest BCUT2D eigenvalue weighted by atomic mass is 16.5. The molecule has 17 heavy (non-hydrogen) atoms. The largest absolute Gasteiger partial charge is 0.492 e. The van der Waals surface area contributed by atoms with Gasteiger partial charge in [0.25, 0.3) is 0 Å². The first-order valence-electron chi connectivity index (χ1n) is 5.47. The fourth-order valence-corrected chi connectivity index (χ4v) is 1.77. The van der Waals surface area contributed by atoms with Gasteiger partial charge in [0, 0.05) is 0 Å². The van der Waals surface area contributed by atoms with Crippen LogP contribution in [0.15, 0.2) is 42.7 Å². The number of carbonyl (C=O) groups is 1. The summed E-state index contributed by atoms with van der Waals surface area (Å²) in [5.74, 6) is -0.814. The van der Waals surface area contributed by atoms with Crippen molar-refractivity contribution in [3.8, 4) is 0 Å². The number of aliphatic hydroxyl groups excluding tert-OH is 1. The Labute approximate surface area is 99.5 Å². The van der Waals surface area contributed by atoms with Crippen molar-refractivity contribution >= 4 is 5.97 Å². The van der Waals surface area contributed by atoms with Gasteiger partial charge in [-0.3, -0.25) is 4.79 Å². The SMILES string of the molecule is O=C(OCCO)[C@H]1C=CO[C@H]1c1ccccc1. The van der Waals surface area contributed by atoms with Crippen LogP contribution in [0.3, 0.4) is 0 Å². The van der Waals surface area contributed by atoms with E-state index in [2.05, 4.69) is 0 Å². The van der Waals surface area contributed by atoms with Crippen molar-refractivity contribution in [2.45, 2.75) is 6.10 Å². The molecule has 1 aromatic carbocycles. The maximum absolute atomic E-state index is 11.7. The Morgan fingerprint density at radius 1 is 1.35 bits per heavy atom. The molecule has 0 bridgehead atoms. The van der Waals surface area contributed by atoms with Crippen LogP contribution < -0.4 is 0 Å². The smallest absolute Gasteiger partial charge is 0.317 e. The van der Waals surface area contributed by atoms with Crippen LogP contribution in [0.4, 0.5) is 0 Å². The molecule has 4 heteroatoms. The lowest BCUT2D eigenvalue weighted by Crippen LogP contribution is -2.22. The molecule has 4 nitrogen and oxygen atoms in total. The van der Waals surface area contributed by atoms with Gasteiger partial charge in [-0.05, 0) is 11.6 Å². The Balaban J connectivity index is 2.07. The maximum Gasteiger partial charge on any atom is 0.317 e. The number of esters is 1. The van der Waals surface area contributed by atoms with Gasteiger partial charge in [0.1, 0.15) is 18.6 Å². The van der Waals surface area contributed by atoms with E-state index in [0.29, 0.717) is 0 Å². The number of rotatable bonds is 4. The van der Waals surface area contributed by atoms with Gasteiger partial charge in [0.2, 0.25) is 0 Å². The normalized spacial score (nSPS) is 22.2. The van der Waals surface area contributed by atoms with Gasteiger partial charge in [-0.2, -0.15) is 0 Å². The minimum absolute atomic E-state index is 0.0185. The molecular formula is C13H14O4. The number of hydrogen-bond donors (Lipinski definition) is 1. The second-order valence-electron chi connectivity index (χ2n) is 3.71. The van der Waals surface area contributed by atoms with Crippen LogP contribution in [-0.4, -0.2) is 24.3 Å². The molecular weight excluding hydrogens is 220 g/mol. The third kappa shape index (κ3) is 2.65. The molecule has 2 rings (SSSR count). The third-order valence-corrected chi connectivity index (χ3v) is 2.57. The van der Waals surface area contributed by atoms with E-state index < -0.39 is 5.92 Å². The molecule has 1 aliphatic heterocycles. The van der Waals surface area contributed by atoms with Gasteiger partial charge in [-0.15, -0.1) is 0 Å². The molecule has 90 valence electrons. The topological polar surface area (TPSA) is 55.8 Å². The first-order chi connectivity index (χ1) is 8.33. The van der Waals surface area contributed by atoms with Gasteiger partial charge >= 0.3 is 5.97 Å². The van der Waals surface area contributed by atoms with Gasteiger partial charge in [-0.25, -0.2) is 0 Å². The molecule has 0 saturated carbocycles. The predicted octanol–water partition coefficient (Wildman–Crippen LogP) is 1.42. The van der Waals surface area contributed by atoms with Gasteiger partial charge < -0.3 is 14.6 Å². The van der Waals surface area contributed by atoms with Crippen molar-refractivity contribution in [2.24, 2.45) is 5.92 Å². The van der Waals surface area contributed by atoms with Crippen molar-refractivity contribution in [3.05, 3.63) is 48.2 Å². The van der Waals surface area contributed by atoms with Crippen LogP contribution in [0, 0.1) is 5.92 Å². The molecule has 0 saturated heterocycles. The first-order valence-corrected chi connectivity index (χ1v) is 5.47. The molecule has 1 heterocycles. The Hall–Kier alpha value is -1.81. The number of benzene rings is 1. The van der Waals surface area contributed by atoms with Crippen LogP contribution in [0.2, 0.25) is 0 Å². The summed E-state index contributed by atoms with van der Waals surface area (Å²) in [6, 6.07) is 9.51. The summed E-state index contributed by atoms with van der Waals surface area (Å²) in [5.41, 5.74) is 0.934. The van der Waals surface area contributed by atoms with E-state index in [1.165, 1.54) is 6.26 Å². The van der Waals surface area contributed by atoms with Gasteiger partial charge in [-0.1, -0.05) is 30.3 Å². The summed E-state index contributed by atoms with van der Waals surface area (Å²) in [6.07, 6.45) is 2.86. The Bertz CT molecular complexity index is 399. The summed E-state index contributed by atoms with van der Waals surface area (Å²) in [6.45, 7) is -0.149. The van der Waals surface area contributed by atoms with Gasteiger partial charge in [0.15, 0.2) is 0 Å². The predicted molar refractivity (Wildman–Crippen MR) is 60.9 cm³/mol. The Kier molecular flexibility index (Phi) is 3.77. The summed E-state index contributed by atoms with van der Waals surface area (Å²) in [5, 5.41) is 8.61. The lowest BCUT2D eigenvalue weighted by Gasteiger charge is -2.17. The van der Waals surface area contributed by atoms with Crippen LogP contribution in [0.5, 0.6) is 0 Å². The van der Waals surface area contributed by atoms with Crippen molar-refractivity contribution in [2.75, 3.05) is 13.2 Å². The zero-order chi connectivity index (χ0) is 12.1. The zero-order valence-electron chi connectivity index (χ0n) is 9.28. The average Bonchev–Trinajstić information content (AvgIpc) is 2.86. The highest BCUT2D eigenvalue weighted by molar-refractivity contribution is 5.76. The minimum Gasteiger partial charge on any atom is -0.492 e. The fraction of sp³-hybridized carbons (Fsp3) is 0.308. The lowest BCUT2D eigenvalue weighted by atomic mass is 9.97. The molecule has 0 unspecified atom stereocenters. The minimum atomic E-state index is -0.441. The zero-order valence-corrected chi connectivity index (χ0v) is 9.28. The Morgan fingerprint density at radius 2 is 2.12 bits per heavy atom. The van der Waals surface area contributed by atoms with E-state index in [1.54, 1.807) is 6.08 Å². The molecule has 0 spiro atoms. The number of hydrogen-bond acceptors (Lipinski definition) is 4. The lowest BCUT2D eigenvalue weighted by molar-refractivity contribution is -0.150. The summed E-state index contributed by atoms with van der Waals surface area (Å²) in [7, 11) is 0. The van der Waals surface area contributed by atoms with E-state index in [9.17, 15) is 4.79 Å². The maximum atomic E-state index is 11.7. The van der Waals surface area contributed by atoms with E-state index in [-0.39, 0.29) is 25.3 Å². The Morgan fingerprint density at radius 3 is 2.82 bits per heavy atom. The van der Waals surface area contributed by atoms with E-state index >= 15 is 0 Å². The summed E-state index contributed by atoms with van der Waals surface area (Å²) in [4.78, 5) is 11.7. The number of carbonyl (C=O) groups excluding carboxylic acids is 1. The standard InChI is InChI=1S/C13H14O4/c14-7-9-17-13(15)11-6-8-16-12(11)10-4-2-1-3-5-10/h1-6,8,11-12,14H,7,9H2/t11-,12-/m0/s1. The number of ether oxygens (including phenoxy) is 2. The summed E-state index contributed by atoms with van der Waals surface area (Å²) >= 11 is 0. The number of aliphatic hydroxyl groups is 1. The fourth-order valence-electron chi connectivity index (χ4n) is 1.77. The highest BCUT2D eigenvalue weighted by Crippen LogP contribution is 2.32. The van der Waals surface area contributed by atoms with Crippen molar-refractivity contribution in [1.29, 1.82) is 0 Å².